The van der Waals surface area contributed by atoms with Crippen molar-refractivity contribution in [2.45, 2.75) is 0 Å². The molecule has 2 aromatic rings. The molecule has 8 heteroatoms. The largest absolute Gasteiger partial charge is 0.502 e. The second kappa shape index (κ2) is 6.52. The first-order chi connectivity index (χ1) is 12.0. The lowest BCUT2D eigenvalue weighted by molar-refractivity contribution is -0.385. The molecule has 3 rings (SSSR count). The van der Waals surface area contributed by atoms with Crippen LogP contribution in [-0.4, -0.2) is 34.3 Å². The molecule has 0 spiro atoms. The number of carboxylic acid groups (broad SMARTS) is 1. The van der Waals surface area contributed by atoms with E-state index >= 15 is 0 Å². The lowest BCUT2D eigenvalue weighted by Crippen LogP contribution is -2.15. The summed E-state index contributed by atoms with van der Waals surface area (Å²) in [6, 6.07) is 8.37. The smallest absolute Gasteiger partial charge is 0.336 e. The van der Waals surface area contributed by atoms with E-state index in [1.807, 2.05) is 0 Å². The van der Waals surface area contributed by atoms with Gasteiger partial charge in [-0.25, -0.2) is 4.79 Å². The van der Waals surface area contributed by atoms with Crippen molar-refractivity contribution >= 4 is 23.3 Å². The van der Waals surface area contributed by atoms with Crippen molar-refractivity contribution in [3.8, 4) is 17.2 Å². The minimum Gasteiger partial charge on any atom is -0.502 e. The molecule has 0 saturated carbocycles. The number of benzene rings is 2. The van der Waals surface area contributed by atoms with Crippen molar-refractivity contribution in [3.05, 3.63) is 57.6 Å². The average molecular weight is 343 g/mol. The number of ether oxygens (including phenoxy) is 2. The van der Waals surface area contributed by atoms with Crippen LogP contribution in [0, 0.1) is 10.1 Å². The number of carboxylic acids is 1. The van der Waals surface area contributed by atoms with Gasteiger partial charge in [0.05, 0.1) is 10.5 Å². The Labute approximate surface area is 141 Å². The third-order valence-corrected chi connectivity index (χ3v) is 3.59. The van der Waals surface area contributed by atoms with Crippen molar-refractivity contribution in [2.24, 2.45) is 0 Å². The predicted octanol–water partition coefficient (Wildman–Crippen LogP) is 2.70. The van der Waals surface area contributed by atoms with Gasteiger partial charge in [-0.2, -0.15) is 0 Å². The molecular weight excluding hydrogens is 330 g/mol. The quantitative estimate of drug-likeness (QED) is 0.379. The molecular formula is C17H13NO7. The van der Waals surface area contributed by atoms with Gasteiger partial charge < -0.3 is 19.7 Å². The van der Waals surface area contributed by atoms with Crippen LogP contribution in [0.1, 0.15) is 11.1 Å². The Kier molecular flexibility index (Phi) is 4.25. The molecule has 0 amide bonds. The van der Waals surface area contributed by atoms with E-state index in [-0.39, 0.29) is 11.1 Å². The van der Waals surface area contributed by atoms with Crippen molar-refractivity contribution in [3.63, 3.8) is 0 Å². The highest BCUT2D eigenvalue weighted by Crippen LogP contribution is 2.34. The number of fused-ring (bicyclic) bond motifs is 1. The summed E-state index contributed by atoms with van der Waals surface area (Å²) in [5.41, 5.74) is 0.0712. The zero-order chi connectivity index (χ0) is 18.0. The van der Waals surface area contributed by atoms with Crippen LogP contribution in [0.5, 0.6) is 17.2 Å². The van der Waals surface area contributed by atoms with Gasteiger partial charge in [0, 0.05) is 6.07 Å². The molecule has 0 unspecified atom stereocenters. The van der Waals surface area contributed by atoms with Gasteiger partial charge >= 0.3 is 11.7 Å². The summed E-state index contributed by atoms with van der Waals surface area (Å²) in [5, 5.41) is 29.9. The number of phenols is 1. The summed E-state index contributed by atoms with van der Waals surface area (Å²) in [5.74, 6) is -0.724. The second-order valence-corrected chi connectivity index (χ2v) is 5.23. The molecule has 0 saturated heterocycles. The maximum Gasteiger partial charge on any atom is 0.336 e. The van der Waals surface area contributed by atoms with E-state index in [1.54, 1.807) is 18.2 Å². The number of hydrogen-bond donors (Lipinski definition) is 2. The molecule has 1 aliphatic heterocycles. The number of hydrogen-bond acceptors (Lipinski definition) is 6. The lowest BCUT2D eigenvalue weighted by Gasteiger charge is -2.19. The molecule has 1 aliphatic rings. The topological polar surface area (TPSA) is 119 Å². The Morgan fingerprint density at radius 2 is 1.84 bits per heavy atom. The molecule has 0 aromatic heterocycles. The first-order valence-corrected chi connectivity index (χ1v) is 7.28. The highest BCUT2D eigenvalue weighted by atomic mass is 16.6. The zero-order valence-corrected chi connectivity index (χ0v) is 12.8. The maximum atomic E-state index is 11.6. The van der Waals surface area contributed by atoms with Gasteiger partial charge in [-0.05, 0) is 35.4 Å². The van der Waals surface area contributed by atoms with Gasteiger partial charge in [-0.3, -0.25) is 10.1 Å². The fourth-order valence-electron chi connectivity index (χ4n) is 2.42. The van der Waals surface area contributed by atoms with Crippen LogP contribution >= 0.6 is 0 Å². The normalized spacial score (nSPS) is 13.4. The highest BCUT2D eigenvalue weighted by molar-refractivity contribution is 6.20. The molecule has 128 valence electrons. The second-order valence-electron chi connectivity index (χ2n) is 5.23. The number of nitro groups is 1. The fraction of sp³-hybridized carbons (Fsp3) is 0.118. The lowest BCUT2D eigenvalue weighted by atomic mass is 10.0. The zero-order valence-electron chi connectivity index (χ0n) is 12.8. The van der Waals surface area contributed by atoms with E-state index in [1.165, 1.54) is 12.1 Å². The third kappa shape index (κ3) is 3.37. The van der Waals surface area contributed by atoms with Crippen LogP contribution in [0.15, 0.2) is 36.4 Å². The molecule has 1 heterocycles. The molecule has 0 aliphatic carbocycles. The van der Waals surface area contributed by atoms with Crippen LogP contribution in [0.25, 0.3) is 11.6 Å². The molecule has 0 atom stereocenters. The molecule has 8 nitrogen and oxygen atoms in total. The van der Waals surface area contributed by atoms with Crippen LogP contribution in [-0.2, 0) is 4.79 Å². The van der Waals surface area contributed by atoms with E-state index in [9.17, 15) is 25.1 Å². The Bertz CT molecular complexity index is 889. The number of phenolic OH excluding ortho intramolecular Hbond substituents is 1. The summed E-state index contributed by atoms with van der Waals surface area (Å²) in [6.45, 7) is 0.790. The molecule has 0 bridgehead atoms. The van der Waals surface area contributed by atoms with Gasteiger partial charge in [0.25, 0.3) is 0 Å². The SMILES string of the molecule is O=C(O)/C(=C\c1ccc(O)c([N+](=O)[O-])c1)c1ccc2c(c1)OCCO2. The van der Waals surface area contributed by atoms with E-state index < -0.39 is 22.3 Å². The Hall–Kier alpha value is -3.55. The van der Waals surface area contributed by atoms with Gasteiger partial charge in [-0.15, -0.1) is 0 Å². The number of rotatable bonds is 4. The molecule has 0 fully saturated rings. The summed E-state index contributed by atoms with van der Waals surface area (Å²) in [6.07, 6.45) is 1.29. The van der Waals surface area contributed by atoms with Crippen LogP contribution in [0.3, 0.4) is 0 Å². The third-order valence-electron chi connectivity index (χ3n) is 3.59. The van der Waals surface area contributed by atoms with Gasteiger partial charge in [0.2, 0.25) is 0 Å². The monoisotopic (exact) mass is 343 g/mol. The Balaban J connectivity index is 2.05. The van der Waals surface area contributed by atoms with E-state index in [0.717, 1.165) is 12.1 Å². The number of nitrogens with zero attached hydrogens (tertiary/aromatic N) is 1. The van der Waals surface area contributed by atoms with Crippen molar-refractivity contribution in [1.82, 2.24) is 0 Å². The molecule has 0 radical (unpaired) electrons. The van der Waals surface area contributed by atoms with Crippen molar-refractivity contribution in [1.29, 1.82) is 0 Å². The van der Waals surface area contributed by atoms with E-state index in [4.69, 9.17) is 9.47 Å². The van der Waals surface area contributed by atoms with Crippen LogP contribution in [0.4, 0.5) is 5.69 Å². The number of aliphatic carboxylic acids is 1. The van der Waals surface area contributed by atoms with Crippen molar-refractivity contribution in [2.75, 3.05) is 13.2 Å². The maximum absolute atomic E-state index is 11.6. The Morgan fingerprint density at radius 1 is 1.12 bits per heavy atom. The summed E-state index contributed by atoms with van der Waals surface area (Å²) < 4.78 is 10.8. The van der Waals surface area contributed by atoms with E-state index in [2.05, 4.69) is 0 Å². The van der Waals surface area contributed by atoms with Gasteiger partial charge in [-0.1, -0.05) is 12.1 Å². The highest BCUT2D eigenvalue weighted by Gasteiger charge is 2.18. The molecule has 25 heavy (non-hydrogen) atoms. The van der Waals surface area contributed by atoms with Crippen molar-refractivity contribution < 1.29 is 29.4 Å². The summed E-state index contributed by atoms with van der Waals surface area (Å²) >= 11 is 0. The molecule has 2 aromatic carbocycles. The minimum absolute atomic E-state index is 0.0723. The Morgan fingerprint density at radius 3 is 2.52 bits per heavy atom. The number of nitro benzene ring substituents is 1. The average Bonchev–Trinajstić information content (AvgIpc) is 2.60. The standard InChI is InChI=1S/C17H13NO7/c19-14-3-1-10(8-13(14)18(22)23)7-12(17(20)21)11-2-4-15-16(9-11)25-6-5-24-15/h1-4,7-9,19H,5-6H2,(H,20,21)/b12-7-. The van der Waals surface area contributed by atoms with Crippen LogP contribution < -0.4 is 9.47 Å². The fourth-order valence-corrected chi connectivity index (χ4v) is 2.42. The van der Waals surface area contributed by atoms with E-state index in [0.29, 0.717) is 30.3 Å². The van der Waals surface area contributed by atoms with Crippen LogP contribution in [0.2, 0.25) is 0 Å². The summed E-state index contributed by atoms with van der Waals surface area (Å²) in [4.78, 5) is 21.8. The van der Waals surface area contributed by atoms with Gasteiger partial charge in [0.15, 0.2) is 17.2 Å². The van der Waals surface area contributed by atoms with Gasteiger partial charge in [0.1, 0.15) is 13.2 Å². The first-order valence-electron chi connectivity index (χ1n) is 7.28. The summed E-state index contributed by atoms with van der Waals surface area (Å²) in [7, 11) is 0. The minimum atomic E-state index is -1.20. The number of aromatic hydroxyl groups is 1. The number of carbonyl (C=O) groups is 1. The first kappa shape index (κ1) is 16.3. The predicted molar refractivity (Wildman–Crippen MR) is 87.7 cm³/mol. The molecule has 2 N–H and O–H groups in total.